The van der Waals surface area contributed by atoms with Crippen LogP contribution in [-0.4, -0.2) is 17.5 Å². The lowest BCUT2D eigenvalue weighted by Gasteiger charge is -2.11. The fraction of sp³-hybridized carbons (Fsp3) is 0.143. The molecule has 0 atom stereocenters. The van der Waals surface area contributed by atoms with Gasteiger partial charge in [0.25, 0.3) is 5.91 Å². The maximum atomic E-state index is 12.0. The highest BCUT2D eigenvalue weighted by Gasteiger charge is 2.06. The summed E-state index contributed by atoms with van der Waals surface area (Å²) in [4.78, 5) is 15.9. The van der Waals surface area contributed by atoms with Gasteiger partial charge < -0.3 is 10.1 Å². The molecular formula is C21H20N2O2. The van der Waals surface area contributed by atoms with Gasteiger partial charge >= 0.3 is 0 Å². The second-order valence-electron chi connectivity index (χ2n) is 5.97. The zero-order valence-corrected chi connectivity index (χ0v) is 14.3. The van der Waals surface area contributed by atoms with Crippen molar-refractivity contribution in [3.8, 4) is 16.9 Å². The minimum absolute atomic E-state index is 0.0425. The first-order chi connectivity index (χ1) is 12.1. The summed E-state index contributed by atoms with van der Waals surface area (Å²) in [5, 5.41) is 2.78. The van der Waals surface area contributed by atoms with Crippen molar-refractivity contribution in [3.63, 3.8) is 0 Å². The van der Waals surface area contributed by atoms with E-state index in [9.17, 15) is 4.79 Å². The highest BCUT2D eigenvalue weighted by molar-refractivity contribution is 5.91. The maximum absolute atomic E-state index is 12.0. The summed E-state index contributed by atoms with van der Waals surface area (Å²) in [6.45, 7) is 4.04. The summed E-state index contributed by atoms with van der Waals surface area (Å²) in [5.41, 5.74) is 5.21. The molecule has 0 aliphatic carbocycles. The van der Waals surface area contributed by atoms with Gasteiger partial charge in [-0.1, -0.05) is 35.9 Å². The van der Waals surface area contributed by atoms with Crippen LogP contribution in [0.3, 0.4) is 0 Å². The van der Waals surface area contributed by atoms with Crippen molar-refractivity contribution in [1.82, 2.24) is 4.98 Å². The van der Waals surface area contributed by atoms with Gasteiger partial charge in [-0.2, -0.15) is 0 Å². The first-order valence-corrected chi connectivity index (χ1v) is 8.11. The molecule has 0 radical (unpaired) electrons. The van der Waals surface area contributed by atoms with Crippen LogP contribution in [0.25, 0.3) is 11.1 Å². The van der Waals surface area contributed by atoms with Gasteiger partial charge in [0.15, 0.2) is 6.61 Å². The van der Waals surface area contributed by atoms with E-state index in [1.807, 2.05) is 19.1 Å². The zero-order valence-electron chi connectivity index (χ0n) is 14.3. The summed E-state index contributed by atoms with van der Waals surface area (Å²) in [6, 6.07) is 17.8. The van der Waals surface area contributed by atoms with E-state index in [1.165, 1.54) is 5.56 Å². The highest BCUT2D eigenvalue weighted by Crippen LogP contribution is 2.26. The molecule has 1 heterocycles. The molecule has 0 aliphatic rings. The second kappa shape index (κ2) is 7.62. The number of benzene rings is 2. The van der Waals surface area contributed by atoms with Gasteiger partial charge in [-0.25, -0.2) is 0 Å². The fourth-order valence-electron chi connectivity index (χ4n) is 2.53. The molecule has 126 valence electrons. The van der Waals surface area contributed by atoms with Crippen molar-refractivity contribution in [2.24, 2.45) is 0 Å². The van der Waals surface area contributed by atoms with Crippen molar-refractivity contribution < 1.29 is 9.53 Å². The number of hydrogen-bond donors (Lipinski definition) is 1. The lowest BCUT2D eigenvalue weighted by molar-refractivity contribution is -0.118. The molecule has 2 aromatic carbocycles. The number of carbonyl (C=O) groups excluding carboxylic acids is 1. The Kier molecular flexibility index (Phi) is 5.09. The number of anilines is 1. The molecule has 3 rings (SSSR count). The molecule has 3 aromatic rings. The van der Waals surface area contributed by atoms with Crippen molar-refractivity contribution >= 4 is 11.6 Å². The molecule has 4 nitrogen and oxygen atoms in total. The normalized spacial score (nSPS) is 10.3. The van der Waals surface area contributed by atoms with E-state index < -0.39 is 0 Å². The first-order valence-electron chi connectivity index (χ1n) is 8.11. The van der Waals surface area contributed by atoms with E-state index >= 15 is 0 Å². The Morgan fingerprint density at radius 1 is 0.920 bits per heavy atom. The van der Waals surface area contributed by atoms with Crippen LogP contribution in [-0.2, 0) is 4.79 Å². The molecule has 1 N–H and O–H groups in total. The van der Waals surface area contributed by atoms with E-state index in [0.29, 0.717) is 11.4 Å². The number of carbonyl (C=O) groups is 1. The number of ether oxygens (including phenoxy) is 1. The Morgan fingerprint density at radius 2 is 1.64 bits per heavy atom. The van der Waals surface area contributed by atoms with Crippen LogP contribution in [0.4, 0.5) is 5.69 Å². The predicted octanol–water partition coefficient (Wildman–Crippen LogP) is 4.38. The number of pyridine rings is 1. The van der Waals surface area contributed by atoms with E-state index in [-0.39, 0.29) is 12.5 Å². The third-order valence-electron chi connectivity index (χ3n) is 3.77. The minimum Gasteiger partial charge on any atom is -0.484 e. The smallest absolute Gasteiger partial charge is 0.262 e. The van der Waals surface area contributed by atoms with Gasteiger partial charge in [0.05, 0.1) is 0 Å². The van der Waals surface area contributed by atoms with E-state index in [0.717, 1.165) is 16.7 Å². The summed E-state index contributed by atoms with van der Waals surface area (Å²) in [6.07, 6.45) is 3.26. The molecule has 0 fully saturated rings. The number of amides is 1. The number of nitrogens with zero attached hydrogens (tertiary/aromatic N) is 1. The Labute approximate surface area is 147 Å². The number of aryl methyl sites for hydroxylation is 2. The molecule has 1 aromatic heterocycles. The standard InChI is InChI=1S/C21H20N2O2/c1-15-3-5-17(6-4-15)18-11-16(2)12-20(13-18)25-14-21(24)23-19-7-9-22-10-8-19/h3-13H,14H2,1-2H3,(H,22,23,24). The third kappa shape index (κ3) is 4.67. The maximum Gasteiger partial charge on any atom is 0.262 e. The summed E-state index contributed by atoms with van der Waals surface area (Å²) in [5.74, 6) is 0.477. The molecule has 1 amide bonds. The average molecular weight is 332 g/mol. The lowest BCUT2D eigenvalue weighted by atomic mass is 10.0. The summed E-state index contributed by atoms with van der Waals surface area (Å²) >= 11 is 0. The highest BCUT2D eigenvalue weighted by atomic mass is 16.5. The summed E-state index contributed by atoms with van der Waals surface area (Å²) in [7, 11) is 0. The topological polar surface area (TPSA) is 51.2 Å². The van der Waals surface area contributed by atoms with Crippen LogP contribution in [0.5, 0.6) is 5.75 Å². The van der Waals surface area contributed by atoms with Crippen molar-refractivity contribution in [1.29, 1.82) is 0 Å². The van der Waals surface area contributed by atoms with E-state index in [2.05, 4.69) is 47.6 Å². The quantitative estimate of drug-likeness (QED) is 0.754. The number of rotatable bonds is 5. The molecule has 0 saturated heterocycles. The van der Waals surface area contributed by atoms with Crippen molar-refractivity contribution in [3.05, 3.63) is 78.1 Å². The van der Waals surface area contributed by atoms with Crippen LogP contribution in [0.1, 0.15) is 11.1 Å². The molecule has 0 unspecified atom stereocenters. The van der Waals surface area contributed by atoms with Crippen molar-refractivity contribution in [2.75, 3.05) is 11.9 Å². The second-order valence-corrected chi connectivity index (χ2v) is 5.97. The zero-order chi connectivity index (χ0) is 17.6. The van der Waals surface area contributed by atoms with Gasteiger partial charge in [0.2, 0.25) is 0 Å². The Morgan fingerprint density at radius 3 is 2.36 bits per heavy atom. The van der Waals surface area contributed by atoms with Gasteiger partial charge in [0, 0.05) is 18.1 Å². The van der Waals surface area contributed by atoms with Crippen LogP contribution < -0.4 is 10.1 Å². The molecule has 0 spiro atoms. The van der Waals surface area contributed by atoms with E-state index in [1.54, 1.807) is 24.5 Å². The van der Waals surface area contributed by atoms with Crippen LogP contribution >= 0.6 is 0 Å². The summed E-state index contributed by atoms with van der Waals surface area (Å²) < 4.78 is 5.68. The third-order valence-corrected chi connectivity index (χ3v) is 3.77. The molecular weight excluding hydrogens is 312 g/mol. The number of nitrogens with one attached hydrogen (secondary N) is 1. The lowest BCUT2D eigenvalue weighted by Crippen LogP contribution is -2.20. The largest absolute Gasteiger partial charge is 0.484 e. The van der Waals surface area contributed by atoms with Gasteiger partial charge in [0.1, 0.15) is 5.75 Å². The fourth-order valence-corrected chi connectivity index (χ4v) is 2.53. The molecule has 0 bridgehead atoms. The van der Waals surface area contributed by atoms with E-state index in [4.69, 9.17) is 4.74 Å². The molecule has 0 saturated carbocycles. The SMILES string of the molecule is Cc1ccc(-c2cc(C)cc(OCC(=O)Nc3ccncc3)c2)cc1. The van der Waals surface area contributed by atoms with Gasteiger partial charge in [-0.3, -0.25) is 9.78 Å². The van der Waals surface area contributed by atoms with Crippen molar-refractivity contribution in [2.45, 2.75) is 13.8 Å². The van der Waals surface area contributed by atoms with Crippen LogP contribution in [0.2, 0.25) is 0 Å². The molecule has 25 heavy (non-hydrogen) atoms. The molecule has 0 aliphatic heterocycles. The van der Waals surface area contributed by atoms with Gasteiger partial charge in [-0.05, 0) is 54.8 Å². The first kappa shape index (κ1) is 16.7. The Bertz CT molecular complexity index is 859. The Hall–Kier alpha value is -3.14. The number of aromatic nitrogens is 1. The number of hydrogen-bond acceptors (Lipinski definition) is 3. The van der Waals surface area contributed by atoms with Crippen LogP contribution in [0, 0.1) is 13.8 Å². The average Bonchev–Trinajstić information content (AvgIpc) is 2.61. The molecule has 4 heteroatoms. The Balaban J connectivity index is 1.68. The van der Waals surface area contributed by atoms with Crippen LogP contribution in [0.15, 0.2) is 67.0 Å². The minimum atomic E-state index is -0.204. The predicted molar refractivity (Wildman–Crippen MR) is 99.7 cm³/mol. The monoisotopic (exact) mass is 332 g/mol. The van der Waals surface area contributed by atoms with Gasteiger partial charge in [-0.15, -0.1) is 0 Å².